The molecule has 0 aliphatic heterocycles. The van der Waals surface area contributed by atoms with Crippen LogP contribution in [0.4, 0.5) is 0 Å². The van der Waals surface area contributed by atoms with E-state index in [2.05, 4.69) is 27.1 Å². The number of nitrogens with zero attached hydrogens (tertiary/aromatic N) is 4. The van der Waals surface area contributed by atoms with Crippen LogP contribution in [0.25, 0.3) is 22.3 Å². The number of carbonyl (C=O) groups excluding carboxylic acids is 1. The van der Waals surface area contributed by atoms with Gasteiger partial charge < -0.3 is 9.55 Å². The minimum absolute atomic E-state index is 0.0936. The Morgan fingerprint density at radius 1 is 1.18 bits per heavy atom. The van der Waals surface area contributed by atoms with Gasteiger partial charge in [-0.3, -0.25) is 9.78 Å². The summed E-state index contributed by atoms with van der Waals surface area (Å²) in [5.74, 6) is 0.881. The fourth-order valence-corrected chi connectivity index (χ4v) is 4.36. The lowest BCUT2D eigenvalue weighted by molar-refractivity contribution is 0.0995. The zero-order valence-corrected chi connectivity index (χ0v) is 16.8. The van der Waals surface area contributed by atoms with Crippen LogP contribution in [0.5, 0.6) is 0 Å². The number of nitrogens with one attached hydrogen (secondary N) is 1. The molecule has 3 aromatic heterocycles. The van der Waals surface area contributed by atoms with Gasteiger partial charge in [-0.2, -0.15) is 0 Å². The van der Waals surface area contributed by atoms with Crippen LogP contribution in [-0.2, 0) is 6.54 Å². The number of thioether (sulfide) groups is 1. The molecule has 0 fully saturated rings. The average Bonchev–Trinajstić information content (AvgIpc) is 3.27. The van der Waals surface area contributed by atoms with Crippen molar-refractivity contribution in [1.82, 2.24) is 24.7 Å². The molecule has 0 aliphatic carbocycles. The van der Waals surface area contributed by atoms with Crippen molar-refractivity contribution >= 4 is 28.4 Å². The van der Waals surface area contributed by atoms with Crippen LogP contribution in [0.3, 0.4) is 0 Å². The van der Waals surface area contributed by atoms with Crippen molar-refractivity contribution in [2.24, 2.45) is 0 Å². The van der Waals surface area contributed by atoms with E-state index in [-0.39, 0.29) is 11.0 Å². The Bertz CT molecular complexity index is 1130. The van der Waals surface area contributed by atoms with Gasteiger partial charge in [-0.1, -0.05) is 30.0 Å². The SMILES string of the molecule is CCn1c(S[C@@H](C)C(=O)c2c(C)[nH]c3ccccc23)nnc1-c1ccncc1. The summed E-state index contributed by atoms with van der Waals surface area (Å²) in [5.41, 5.74) is 3.60. The zero-order chi connectivity index (χ0) is 19.7. The van der Waals surface area contributed by atoms with E-state index < -0.39 is 0 Å². The monoisotopic (exact) mass is 391 g/mol. The third kappa shape index (κ3) is 3.22. The molecule has 4 rings (SSSR count). The predicted octanol–water partition coefficient (Wildman–Crippen LogP) is 4.51. The number of rotatable bonds is 6. The van der Waals surface area contributed by atoms with Crippen molar-refractivity contribution in [2.45, 2.75) is 37.7 Å². The molecule has 7 heteroatoms. The van der Waals surface area contributed by atoms with Crippen LogP contribution in [0, 0.1) is 6.92 Å². The number of hydrogen-bond donors (Lipinski definition) is 1. The summed E-state index contributed by atoms with van der Waals surface area (Å²) in [6.45, 7) is 6.64. The Kier molecular flexibility index (Phi) is 5.00. The number of fused-ring (bicyclic) bond motifs is 1. The van der Waals surface area contributed by atoms with Crippen LogP contribution >= 0.6 is 11.8 Å². The lowest BCUT2D eigenvalue weighted by Crippen LogP contribution is -2.15. The molecule has 28 heavy (non-hydrogen) atoms. The van der Waals surface area contributed by atoms with E-state index in [0.29, 0.717) is 0 Å². The number of H-pyrrole nitrogens is 1. The highest BCUT2D eigenvalue weighted by Crippen LogP contribution is 2.31. The lowest BCUT2D eigenvalue weighted by Gasteiger charge is -2.12. The summed E-state index contributed by atoms with van der Waals surface area (Å²) in [5, 5.41) is 10.1. The van der Waals surface area contributed by atoms with Gasteiger partial charge >= 0.3 is 0 Å². The quantitative estimate of drug-likeness (QED) is 0.386. The van der Waals surface area contributed by atoms with Crippen LogP contribution in [0.1, 0.15) is 29.9 Å². The van der Waals surface area contributed by atoms with E-state index in [4.69, 9.17) is 0 Å². The number of benzene rings is 1. The Morgan fingerprint density at radius 3 is 2.68 bits per heavy atom. The summed E-state index contributed by atoms with van der Waals surface area (Å²) in [7, 11) is 0. The van der Waals surface area contributed by atoms with Gasteiger partial charge in [0.2, 0.25) is 0 Å². The second kappa shape index (κ2) is 7.59. The first-order valence-corrected chi connectivity index (χ1v) is 10.1. The Morgan fingerprint density at radius 2 is 1.93 bits per heavy atom. The number of aryl methyl sites for hydroxylation is 1. The number of carbonyl (C=O) groups is 1. The van der Waals surface area contributed by atoms with E-state index in [1.807, 2.05) is 54.8 Å². The molecule has 0 spiro atoms. The molecule has 0 amide bonds. The van der Waals surface area contributed by atoms with Gasteiger partial charge in [-0.15, -0.1) is 10.2 Å². The maximum absolute atomic E-state index is 13.2. The second-order valence-corrected chi connectivity index (χ2v) is 7.89. The number of para-hydroxylation sites is 1. The second-order valence-electron chi connectivity index (χ2n) is 6.58. The summed E-state index contributed by atoms with van der Waals surface area (Å²) < 4.78 is 2.03. The molecule has 0 saturated heterocycles. The average molecular weight is 392 g/mol. The summed E-state index contributed by atoms with van der Waals surface area (Å²) >= 11 is 1.44. The first-order valence-electron chi connectivity index (χ1n) is 9.22. The van der Waals surface area contributed by atoms with Crippen LogP contribution in [-0.4, -0.2) is 35.8 Å². The molecular formula is C21H21N5OS. The van der Waals surface area contributed by atoms with Crippen molar-refractivity contribution in [1.29, 1.82) is 0 Å². The van der Waals surface area contributed by atoms with Gasteiger partial charge in [0.25, 0.3) is 0 Å². The molecule has 6 nitrogen and oxygen atoms in total. The molecule has 3 heterocycles. The van der Waals surface area contributed by atoms with Crippen molar-refractivity contribution in [2.75, 3.05) is 0 Å². The van der Waals surface area contributed by atoms with Gasteiger partial charge in [-0.25, -0.2) is 0 Å². The summed E-state index contributed by atoms with van der Waals surface area (Å²) in [6, 6.07) is 11.7. The van der Waals surface area contributed by atoms with Gasteiger partial charge in [-0.05, 0) is 39.0 Å². The molecular weight excluding hydrogens is 370 g/mol. The van der Waals surface area contributed by atoms with Crippen LogP contribution < -0.4 is 0 Å². The van der Waals surface area contributed by atoms with E-state index in [1.54, 1.807) is 12.4 Å². The lowest BCUT2D eigenvalue weighted by atomic mass is 10.1. The number of ketones is 1. The van der Waals surface area contributed by atoms with Crippen LogP contribution in [0.2, 0.25) is 0 Å². The highest BCUT2D eigenvalue weighted by molar-refractivity contribution is 8.00. The number of aromatic nitrogens is 5. The normalized spacial score (nSPS) is 12.4. The van der Waals surface area contributed by atoms with E-state index in [0.717, 1.165) is 45.2 Å². The number of Topliss-reactive ketones (excluding diaryl/α,β-unsaturated/α-hetero) is 1. The largest absolute Gasteiger partial charge is 0.358 e. The smallest absolute Gasteiger partial charge is 0.192 e. The van der Waals surface area contributed by atoms with Crippen molar-refractivity contribution in [3.63, 3.8) is 0 Å². The fraction of sp³-hybridized carbons (Fsp3) is 0.238. The van der Waals surface area contributed by atoms with Crippen molar-refractivity contribution in [3.05, 3.63) is 60.0 Å². The minimum Gasteiger partial charge on any atom is -0.358 e. The van der Waals surface area contributed by atoms with Crippen molar-refractivity contribution in [3.8, 4) is 11.4 Å². The third-order valence-electron chi connectivity index (χ3n) is 4.76. The molecule has 1 N–H and O–H groups in total. The van der Waals surface area contributed by atoms with E-state index >= 15 is 0 Å². The maximum atomic E-state index is 13.2. The molecule has 1 atom stereocenters. The van der Waals surface area contributed by atoms with Gasteiger partial charge in [0.05, 0.1) is 5.25 Å². The molecule has 0 bridgehead atoms. The standard InChI is InChI=1S/C21H21N5OS/c1-4-26-20(15-9-11-22-12-10-15)24-25-21(26)28-14(3)19(27)18-13(2)23-17-8-6-5-7-16(17)18/h5-12,14,23H,4H2,1-3H3/t14-/m0/s1. The fourth-order valence-electron chi connectivity index (χ4n) is 3.38. The molecule has 1 aromatic carbocycles. The summed E-state index contributed by atoms with van der Waals surface area (Å²) in [6.07, 6.45) is 3.48. The molecule has 4 aromatic rings. The van der Waals surface area contributed by atoms with E-state index in [1.165, 1.54) is 11.8 Å². The summed E-state index contributed by atoms with van der Waals surface area (Å²) in [4.78, 5) is 20.6. The van der Waals surface area contributed by atoms with E-state index in [9.17, 15) is 4.79 Å². The number of aromatic amines is 1. The van der Waals surface area contributed by atoms with Crippen LogP contribution in [0.15, 0.2) is 53.9 Å². The molecule has 142 valence electrons. The first-order chi connectivity index (χ1) is 13.6. The first kappa shape index (κ1) is 18.4. The molecule has 0 aliphatic rings. The molecule has 0 radical (unpaired) electrons. The maximum Gasteiger partial charge on any atom is 0.192 e. The predicted molar refractivity (Wildman–Crippen MR) is 112 cm³/mol. The third-order valence-corrected chi connectivity index (χ3v) is 5.84. The van der Waals surface area contributed by atoms with Gasteiger partial charge in [0, 0.05) is 46.7 Å². The van der Waals surface area contributed by atoms with Gasteiger partial charge in [0.15, 0.2) is 16.8 Å². The highest BCUT2D eigenvalue weighted by Gasteiger charge is 2.25. The topological polar surface area (TPSA) is 76.5 Å². The number of pyridine rings is 1. The van der Waals surface area contributed by atoms with Gasteiger partial charge in [0.1, 0.15) is 0 Å². The molecule has 0 saturated carbocycles. The zero-order valence-electron chi connectivity index (χ0n) is 16.0. The highest BCUT2D eigenvalue weighted by atomic mass is 32.2. The molecule has 0 unspecified atom stereocenters. The Labute approximate surface area is 167 Å². The minimum atomic E-state index is -0.280. The van der Waals surface area contributed by atoms with Crippen molar-refractivity contribution < 1.29 is 4.79 Å². The number of hydrogen-bond acceptors (Lipinski definition) is 5. The Balaban J connectivity index is 1.63. The Hall–Kier alpha value is -2.93.